The predicted molar refractivity (Wildman–Crippen MR) is 70.9 cm³/mol. The second-order valence-corrected chi connectivity index (χ2v) is 4.39. The summed E-state index contributed by atoms with van der Waals surface area (Å²) in [5, 5.41) is 12.6. The first-order chi connectivity index (χ1) is 8.61. The normalized spacial score (nSPS) is 10.6. The molecule has 2 rings (SSSR count). The fourth-order valence-corrected chi connectivity index (χ4v) is 1.96. The molecule has 0 saturated carbocycles. The van der Waals surface area contributed by atoms with E-state index in [1.54, 1.807) is 24.3 Å². The number of amides is 1. The number of fused-ring (bicyclic) bond motifs is 1. The van der Waals surface area contributed by atoms with Gasteiger partial charge < -0.3 is 10.4 Å². The molecule has 1 amide bonds. The molecule has 0 aliphatic rings. The number of aliphatic hydroxyl groups excluding tert-OH is 1. The van der Waals surface area contributed by atoms with E-state index < -0.39 is 0 Å². The van der Waals surface area contributed by atoms with Crippen LogP contribution in [-0.2, 0) is 0 Å². The maximum Gasteiger partial charge on any atom is 0.252 e. The molecule has 0 aliphatic carbocycles. The number of aryl methyl sites for hydroxylation is 1. The Hall–Kier alpha value is -1.65. The molecule has 5 heteroatoms. The van der Waals surface area contributed by atoms with Crippen LogP contribution in [0.1, 0.15) is 16.1 Å². The molecular formula is C13H13ClN2O2. The molecule has 0 fully saturated rings. The molecule has 94 valence electrons. The molecular weight excluding hydrogens is 252 g/mol. The molecule has 0 aliphatic heterocycles. The SMILES string of the molecule is Cc1cc(C(=O)NCCO)c2cc(Cl)ccc2n1. The Morgan fingerprint density at radius 1 is 1.44 bits per heavy atom. The molecule has 2 N–H and O–H groups in total. The van der Waals surface area contributed by atoms with Crippen LogP contribution >= 0.6 is 11.6 Å². The number of pyridine rings is 1. The van der Waals surface area contributed by atoms with Gasteiger partial charge in [-0.3, -0.25) is 9.78 Å². The van der Waals surface area contributed by atoms with Crippen molar-refractivity contribution >= 4 is 28.4 Å². The maximum absolute atomic E-state index is 12.0. The van der Waals surface area contributed by atoms with Gasteiger partial charge in [0.1, 0.15) is 0 Å². The summed E-state index contributed by atoms with van der Waals surface area (Å²) in [6.45, 7) is 1.97. The number of aliphatic hydroxyl groups is 1. The summed E-state index contributed by atoms with van der Waals surface area (Å²) < 4.78 is 0. The molecule has 2 aromatic rings. The number of nitrogens with zero attached hydrogens (tertiary/aromatic N) is 1. The molecule has 1 aromatic carbocycles. The minimum atomic E-state index is -0.234. The first-order valence-corrected chi connectivity index (χ1v) is 5.95. The summed E-state index contributed by atoms with van der Waals surface area (Å²) in [6, 6.07) is 6.96. The molecule has 0 radical (unpaired) electrons. The van der Waals surface area contributed by atoms with Crippen molar-refractivity contribution in [1.29, 1.82) is 0 Å². The summed E-state index contributed by atoms with van der Waals surface area (Å²) in [6.07, 6.45) is 0. The van der Waals surface area contributed by atoms with Gasteiger partial charge in [-0.2, -0.15) is 0 Å². The van der Waals surface area contributed by atoms with Crippen molar-refractivity contribution in [2.75, 3.05) is 13.2 Å². The molecule has 0 bridgehead atoms. The fourth-order valence-electron chi connectivity index (χ4n) is 1.78. The van der Waals surface area contributed by atoms with Crippen molar-refractivity contribution in [2.24, 2.45) is 0 Å². The lowest BCUT2D eigenvalue weighted by molar-refractivity contribution is 0.0946. The Morgan fingerprint density at radius 2 is 2.22 bits per heavy atom. The van der Waals surface area contributed by atoms with Gasteiger partial charge in [0.05, 0.1) is 17.7 Å². The zero-order chi connectivity index (χ0) is 13.1. The van der Waals surface area contributed by atoms with Crippen LogP contribution in [0.25, 0.3) is 10.9 Å². The smallest absolute Gasteiger partial charge is 0.252 e. The Bertz CT molecular complexity index is 599. The second kappa shape index (κ2) is 5.33. The third-order valence-corrected chi connectivity index (χ3v) is 2.78. The van der Waals surface area contributed by atoms with Crippen LogP contribution < -0.4 is 5.32 Å². The minimum Gasteiger partial charge on any atom is -0.395 e. The number of hydrogen-bond donors (Lipinski definition) is 2. The highest BCUT2D eigenvalue weighted by atomic mass is 35.5. The third kappa shape index (κ3) is 2.60. The molecule has 1 aromatic heterocycles. The number of aromatic nitrogens is 1. The Morgan fingerprint density at radius 3 is 2.94 bits per heavy atom. The lowest BCUT2D eigenvalue weighted by Crippen LogP contribution is -2.26. The van der Waals surface area contributed by atoms with Crippen molar-refractivity contribution < 1.29 is 9.90 Å². The molecule has 0 spiro atoms. The lowest BCUT2D eigenvalue weighted by Gasteiger charge is -2.08. The Labute approximate surface area is 110 Å². The van der Waals surface area contributed by atoms with Gasteiger partial charge in [0, 0.05) is 22.6 Å². The molecule has 1 heterocycles. The predicted octanol–water partition coefficient (Wildman–Crippen LogP) is 1.92. The third-order valence-electron chi connectivity index (χ3n) is 2.54. The zero-order valence-corrected chi connectivity index (χ0v) is 10.7. The van der Waals surface area contributed by atoms with Gasteiger partial charge in [0.15, 0.2) is 0 Å². The van der Waals surface area contributed by atoms with E-state index >= 15 is 0 Å². The van der Waals surface area contributed by atoms with Gasteiger partial charge in [-0.15, -0.1) is 0 Å². The van der Waals surface area contributed by atoms with E-state index in [4.69, 9.17) is 16.7 Å². The average Bonchev–Trinajstić information content (AvgIpc) is 2.35. The summed E-state index contributed by atoms with van der Waals surface area (Å²) in [4.78, 5) is 16.3. The highest BCUT2D eigenvalue weighted by molar-refractivity contribution is 6.31. The van der Waals surface area contributed by atoms with Crippen molar-refractivity contribution in [2.45, 2.75) is 6.92 Å². The van der Waals surface area contributed by atoms with Crippen LogP contribution in [0.5, 0.6) is 0 Å². The monoisotopic (exact) mass is 264 g/mol. The van der Waals surface area contributed by atoms with Crippen molar-refractivity contribution in [3.8, 4) is 0 Å². The number of nitrogens with one attached hydrogen (secondary N) is 1. The van der Waals surface area contributed by atoms with Crippen molar-refractivity contribution in [3.63, 3.8) is 0 Å². The lowest BCUT2D eigenvalue weighted by atomic mass is 10.1. The highest BCUT2D eigenvalue weighted by Gasteiger charge is 2.11. The van der Waals surface area contributed by atoms with E-state index in [-0.39, 0.29) is 19.1 Å². The Balaban J connectivity index is 2.54. The fraction of sp³-hybridized carbons (Fsp3) is 0.231. The van der Waals surface area contributed by atoms with Crippen LogP contribution in [0.2, 0.25) is 5.02 Å². The summed E-state index contributed by atoms with van der Waals surface area (Å²) in [5.74, 6) is -0.234. The van der Waals surface area contributed by atoms with Crippen LogP contribution in [0.4, 0.5) is 0 Å². The number of benzene rings is 1. The number of carbonyl (C=O) groups is 1. The Kier molecular flexibility index (Phi) is 3.79. The van der Waals surface area contributed by atoms with E-state index in [1.807, 2.05) is 6.92 Å². The van der Waals surface area contributed by atoms with Gasteiger partial charge in [0.25, 0.3) is 5.91 Å². The number of rotatable bonds is 3. The number of carbonyl (C=O) groups excluding carboxylic acids is 1. The van der Waals surface area contributed by atoms with E-state index in [0.29, 0.717) is 16.0 Å². The van der Waals surface area contributed by atoms with E-state index in [0.717, 1.165) is 11.2 Å². The van der Waals surface area contributed by atoms with Crippen molar-refractivity contribution in [1.82, 2.24) is 10.3 Å². The van der Waals surface area contributed by atoms with Gasteiger partial charge in [-0.1, -0.05) is 11.6 Å². The van der Waals surface area contributed by atoms with Gasteiger partial charge in [-0.05, 0) is 31.2 Å². The molecule has 4 nitrogen and oxygen atoms in total. The van der Waals surface area contributed by atoms with Gasteiger partial charge in [-0.25, -0.2) is 0 Å². The first-order valence-electron chi connectivity index (χ1n) is 5.58. The quantitative estimate of drug-likeness (QED) is 0.890. The molecule has 0 saturated heterocycles. The highest BCUT2D eigenvalue weighted by Crippen LogP contribution is 2.22. The van der Waals surface area contributed by atoms with Crippen LogP contribution in [0.15, 0.2) is 24.3 Å². The summed E-state index contributed by atoms with van der Waals surface area (Å²) in [7, 11) is 0. The van der Waals surface area contributed by atoms with E-state index in [9.17, 15) is 4.79 Å². The maximum atomic E-state index is 12.0. The molecule has 0 atom stereocenters. The van der Waals surface area contributed by atoms with Crippen LogP contribution in [0, 0.1) is 6.92 Å². The largest absolute Gasteiger partial charge is 0.395 e. The molecule has 18 heavy (non-hydrogen) atoms. The van der Waals surface area contributed by atoms with Crippen molar-refractivity contribution in [3.05, 3.63) is 40.5 Å². The minimum absolute atomic E-state index is 0.0888. The first kappa shape index (κ1) is 12.8. The van der Waals surface area contributed by atoms with Crippen LogP contribution in [0.3, 0.4) is 0 Å². The number of hydrogen-bond acceptors (Lipinski definition) is 3. The van der Waals surface area contributed by atoms with Gasteiger partial charge >= 0.3 is 0 Å². The topological polar surface area (TPSA) is 62.2 Å². The zero-order valence-electron chi connectivity index (χ0n) is 9.90. The van der Waals surface area contributed by atoms with E-state index in [1.165, 1.54) is 0 Å². The summed E-state index contributed by atoms with van der Waals surface area (Å²) in [5.41, 5.74) is 2.01. The summed E-state index contributed by atoms with van der Waals surface area (Å²) >= 11 is 5.94. The van der Waals surface area contributed by atoms with Gasteiger partial charge in [0.2, 0.25) is 0 Å². The number of halogens is 1. The van der Waals surface area contributed by atoms with E-state index in [2.05, 4.69) is 10.3 Å². The second-order valence-electron chi connectivity index (χ2n) is 3.95. The molecule has 0 unspecified atom stereocenters. The standard InChI is InChI=1S/C13H13ClN2O2/c1-8-6-11(13(18)15-4-5-17)10-7-9(14)2-3-12(10)16-8/h2-3,6-7,17H,4-5H2,1H3,(H,15,18). The average molecular weight is 265 g/mol. The van der Waals surface area contributed by atoms with Crippen LogP contribution in [-0.4, -0.2) is 29.1 Å².